The molecule has 7 heteroatoms. The quantitative estimate of drug-likeness (QED) is 0.663. The Labute approximate surface area is 158 Å². The number of epoxide rings is 1. The molecular weight excluding hydrogens is 379 g/mol. The van der Waals surface area contributed by atoms with Gasteiger partial charge in [-0.1, -0.05) is 47.5 Å². The molecule has 0 bridgehead atoms. The van der Waals surface area contributed by atoms with Crippen molar-refractivity contribution in [3.63, 3.8) is 0 Å². The van der Waals surface area contributed by atoms with E-state index in [2.05, 4.69) is 4.98 Å². The third-order valence-electron chi connectivity index (χ3n) is 4.12. The molecule has 0 aliphatic carbocycles. The number of ether oxygens (including phenoxy) is 1. The van der Waals surface area contributed by atoms with E-state index in [1.807, 2.05) is 29.6 Å². The zero-order valence-corrected chi connectivity index (χ0v) is 15.1. The summed E-state index contributed by atoms with van der Waals surface area (Å²) in [5, 5.41) is 3.70. The number of rotatable bonds is 4. The van der Waals surface area contributed by atoms with Crippen molar-refractivity contribution < 1.29 is 9.53 Å². The lowest BCUT2D eigenvalue weighted by molar-refractivity contribution is -0.123. The van der Waals surface area contributed by atoms with Crippen molar-refractivity contribution in [2.75, 3.05) is 0 Å². The highest BCUT2D eigenvalue weighted by Gasteiger charge is 2.65. The maximum absolute atomic E-state index is 12.1. The standard InChI is InChI=1S/C18H12Cl2N2O2S/c19-12-5-1-10(2-6-12)14-9-25-17(22-14)18(16(21)23)15(24-18)11-3-7-13(20)8-4-11/h1-9,15H,(H2,21,23)/t15-,18-/m1/s1. The van der Waals surface area contributed by atoms with Crippen molar-refractivity contribution >= 4 is 40.4 Å². The molecule has 1 aromatic heterocycles. The molecule has 1 amide bonds. The van der Waals surface area contributed by atoms with Gasteiger partial charge in [-0.05, 0) is 29.8 Å². The van der Waals surface area contributed by atoms with Crippen molar-refractivity contribution in [3.8, 4) is 11.3 Å². The highest BCUT2D eigenvalue weighted by atomic mass is 35.5. The van der Waals surface area contributed by atoms with Gasteiger partial charge in [0, 0.05) is 21.0 Å². The number of thiazole rings is 1. The second kappa shape index (κ2) is 6.11. The third-order valence-corrected chi connectivity index (χ3v) is 5.58. The summed E-state index contributed by atoms with van der Waals surface area (Å²) < 4.78 is 5.76. The van der Waals surface area contributed by atoms with Gasteiger partial charge in [-0.25, -0.2) is 4.98 Å². The van der Waals surface area contributed by atoms with Gasteiger partial charge in [0.05, 0.1) is 5.69 Å². The van der Waals surface area contributed by atoms with Gasteiger partial charge in [0.25, 0.3) is 5.91 Å². The number of carbonyl (C=O) groups is 1. The summed E-state index contributed by atoms with van der Waals surface area (Å²) in [5.74, 6) is -0.551. The van der Waals surface area contributed by atoms with Gasteiger partial charge < -0.3 is 10.5 Å². The molecule has 0 unspecified atom stereocenters. The predicted octanol–water partition coefficient (Wildman–Crippen LogP) is 4.57. The normalized spacial score (nSPS) is 21.9. The first kappa shape index (κ1) is 16.5. The second-order valence-electron chi connectivity index (χ2n) is 5.69. The summed E-state index contributed by atoms with van der Waals surface area (Å²) in [4.78, 5) is 16.7. The van der Waals surface area contributed by atoms with Gasteiger partial charge in [-0.3, -0.25) is 4.79 Å². The number of hydrogen-bond acceptors (Lipinski definition) is 4. The Morgan fingerprint density at radius 2 is 1.68 bits per heavy atom. The van der Waals surface area contributed by atoms with E-state index in [4.69, 9.17) is 33.7 Å². The molecule has 4 rings (SSSR count). The first-order chi connectivity index (χ1) is 12.0. The van der Waals surface area contributed by atoms with Crippen LogP contribution in [0.1, 0.15) is 16.7 Å². The van der Waals surface area contributed by atoms with Crippen molar-refractivity contribution in [3.05, 3.63) is 74.5 Å². The number of amides is 1. The van der Waals surface area contributed by atoms with Crippen molar-refractivity contribution in [2.24, 2.45) is 5.73 Å². The zero-order valence-electron chi connectivity index (χ0n) is 12.8. The maximum Gasteiger partial charge on any atom is 0.260 e. The Bertz CT molecular complexity index is 940. The van der Waals surface area contributed by atoms with E-state index in [0.717, 1.165) is 16.8 Å². The van der Waals surface area contributed by atoms with Gasteiger partial charge in [-0.2, -0.15) is 0 Å². The van der Waals surface area contributed by atoms with E-state index in [0.29, 0.717) is 15.1 Å². The van der Waals surface area contributed by atoms with Crippen LogP contribution in [0.2, 0.25) is 10.0 Å². The topological polar surface area (TPSA) is 68.5 Å². The van der Waals surface area contributed by atoms with Crippen LogP contribution in [0, 0.1) is 0 Å². The second-order valence-corrected chi connectivity index (χ2v) is 7.43. The van der Waals surface area contributed by atoms with Crippen molar-refractivity contribution in [1.82, 2.24) is 4.98 Å². The molecule has 4 nitrogen and oxygen atoms in total. The van der Waals surface area contributed by atoms with Crippen LogP contribution in [0.5, 0.6) is 0 Å². The molecule has 1 aliphatic heterocycles. The molecule has 1 aliphatic rings. The number of hydrogen-bond donors (Lipinski definition) is 1. The van der Waals surface area contributed by atoms with E-state index in [1.54, 1.807) is 24.3 Å². The Morgan fingerprint density at radius 3 is 2.28 bits per heavy atom. The summed E-state index contributed by atoms with van der Waals surface area (Å²) in [6, 6.07) is 14.5. The van der Waals surface area contributed by atoms with Crippen LogP contribution < -0.4 is 5.73 Å². The molecule has 1 saturated heterocycles. The maximum atomic E-state index is 12.1. The fourth-order valence-corrected chi connectivity index (χ4v) is 3.99. The Balaban J connectivity index is 1.68. The van der Waals surface area contributed by atoms with E-state index in [-0.39, 0.29) is 0 Å². The number of halogens is 2. The largest absolute Gasteiger partial charge is 0.367 e. The molecule has 25 heavy (non-hydrogen) atoms. The predicted molar refractivity (Wildman–Crippen MR) is 98.7 cm³/mol. The monoisotopic (exact) mass is 390 g/mol. The summed E-state index contributed by atoms with van der Waals surface area (Å²) in [7, 11) is 0. The number of primary amides is 1. The zero-order chi connectivity index (χ0) is 17.6. The fourth-order valence-electron chi connectivity index (χ4n) is 2.74. The summed E-state index contributed by atoms with van der Waals surface area (Å²) in [6.45, 7) is 0. The Kier molecular flexibility index (Phi) is 4.04. The molecule has 0 saturated carbocycles. The van der Waals surface area contributed by atoms with Crippen LogP contribution in [0.3, 0.4) is 0 Å². The first-order valence-electron chi connectivity index (χ1n) is 7.46. The van der Waals surface area contributed by atoms with Gasteiger partial charge in [0.2, 0.25) is 5.60 Å². The van der Waals surface area contributed by atoms with Gasteiger partial charge in [0.15, 0.2) is 0 Å². The molecule has 2 atom stereocenters. The minimum atomic E-state index is -1.22. The van der Waals surface area contributed by atoms with Crippen LogP contribution in [0.4, 0.5) is 0 Å². The van der Waals surface area contributed by atoms with Gasteiger partial charge in [0.1, 0.15) is 11.1 Å². The van der Waals surface area contributed by atoms with E-state index in [1.165, 1.54) is 11.3 Å². The molecule has 3 aromatic rings. The highest BCUT2D eigenvalue weighted by molar-refractivity contribution is 7.10. The Hall–Kier alpha value is -1.92. The van der Waals surface area contributed by atoms with E-state index in [9.17, 15) is 4.79 Å². The van der Waals surface area contributed by atoms with E-state index < -0.39 is 17.6 Å². The Morgan fingerprint density at radius 1 is 1.08 bits per heavy atom. The molecule has 126 valence electrons. The minimum absolute atomic E-state index is 0.452. The SMILES string of the molecule is NC(=O)[C@]1(c2nc(-c3ccc(Cl)cc3)cs2)O[C@@H]1c1ccc(Cl)cc1. The lowest BCUT2D eigenvalue weighted by atomic mass is 9.99. The molecule has 2 aromatic carbocycles. The summed E-state index contributed by atoms with van der Waals surface area (Å²) in [5.41, 5.74) is 6.93. The summed E-state index contributed by atoms with van der Waals surface area (Å²) in [6.07, 6.45) is -0.452. The number of nitrogens with zero attached hydrogens (tertiary/aromatic N) is 1. The lowest BCUT2D eigenvalue weighted by Crippen LogP contribution is -2.30. The number of benzene rings is 2. The molecule has 1 fully saturated rings. The molecule has 2 heterocycles. The van der Waals surface area contributed by atoms with Crippen molar-refractivity contribution in [2.45, 2.75) is 11.7 Å². The van der Waals surface area contributed by atoms with Crippen molar-refractivity contribution in [1.29, 1.82) is 0 Å². The fraction of sp³-hybridized carbons (Fsp3) is 0.111. The number of nitrogens with two attached hydrogens (primary N) is 1. The average molecular weight is 391 g/mol. The van der Waals surface area contributed by atoms with Crippen LogP contribution in [-0.4, -0.2) is 10.9 Å². The highest BCUT2D eigenvalue weighted by Crippen LogP contribution is 2.57. The number of aromatic nitrogens is 1. The van der Waals surface area contributed by atoms with E-state index >= 15 is 0 Å². The van der Waals surface area contributed by atoms with Crippen LogP contribution in [0.25, 0.3) is 11.3 Å². The summed E-state index contributed by atoms with van der Waals surface area (Å²) >= 11 is 13.2. The molecule has 0 spiro atoms. The molecule has 0 radical (unpaired) electrons. The third kappa shape index (κ3) is 2.83. The van der Waals surface area contributed by atoms with Crippen LogP contribution in [0.15, 0.2) is 53.9 Å². The smallest absolute Gasteiger partial charge is 0.260 e. The van der Waals surface area contributed by atoms with Crippen LogP contribution >= 0.6 is 34.5 Å². The minimum Gasteiger partial charge on any atom is -0.367 e. The number of carbonyl (C=O) groups excluding carboxylic acids is 1. The van der Waals surface area contributed by atoms with Gasteiger partial charge >= 0.3 is 0 Å². The van der Waals surface area contributed by atoms with Crippen LogP contribution in [-0.2, 0) is 15.1 Å². The lowest BCUT2D eigenvalue weighted by Gasteiger charge is -2.05. The first-order valence-corrected chi connectivity index (χ1v) is 9.09. The average Bonchev–Trinajstić information content (AvgIpc) is 3.17. The van der Waals surface area contributed by atoms with Gasteiger partial charge in [-0.15, -0.1) is 11.3 Å². The molecular formula is C18H12Cl2N2O2S. The molecule has 2 N–H and O–H groups in total.